The molecule has 0 atom stereocenters. The zero-order valence-electron chi connectivity index (χ0n) is 19.7. The van der Waals surface area contributed by atoms with Crippen LogP contribution in [0.3, 0.4) is 0 Å². The molecule has 0 spiro atoms. The maximum absolute atomic E-state index is 14.1. The number of ether oxygens (including phenoxy) is 1. The standard InChI is InChI=1S/C25H24ClFN4O5/c1-14(32)24-18-9-6-15(25(35)36-2)10-20(18)31(29-24)13-22(34)30(17-7-8-17)12-21(33)28-11-16-4-3-5-19(26)23(16)27/h3-6,9-10,17H,7-8,11-13H2,1-2H3,(H,28,33). The van der Waals surface area contributed by atoms with Crippen LogP contribution < -0.4 is 5.32 Å². The molecule has 2 aromatic carbocycles. The Kier molecular flexibility index (Phi) is 7.35. The van der Waals surface area contributed by atoms with Gasteiger partial charge in [-0.25, -0.2) is 9.18 Å². The van der Waals surface area contributed by atoms with E-state index in [-0.39, 0.29) is 59.2 Å². The van der Waals surface area contributed by atoms with E-state index in [4.69, 9.17) is 16.3 Å². The van der Waals surface area contributed by atoms with Gasteiger partial charge in [0, 0.05) is 30.5 Å². The predicted octanol–water partition coefficient (Wildman–Crippen LogP) is 3.13. The maximum atomic E-state index is 14.1. The summed E-state index contributed by atoms with van der Waals surface area (Å²) in [5.74, 6) is -2.27. The number of rotatable bonds is 9. The summed E-state index contributed by atoms with van der Waals surface area (Å²) in [7, 11) is 1.26. The molecule has 0 radical (unpaired) electrons. The first-order valence-electron chi connectivity index (χ1n) is 11.3. The molecule has 2 amide bonds. The number of ketones is 1. The van der Waals surface area contributed by atoms with Crippen LogP contribution in [0.25, 0.3) is 10.9 Å². The van der Waals surface area contributed by atoms with Crippen molar-refractivity contribution in [3.63, 3.8) is 0 Å². The molecule has 1 saturated carbocycles. The highest BCUT2D eigenvalue weighted by Crippen LogP contribution is 2.28. The van der Waals surface area contributed by atoms with E-state index in [2.05, 4.69) is 10.4 Å². The van der Waals surface area contributed by atoms with Gasteiger partial charge in [-0.1, -0.05) is 23.7 Å². The van der Waals surface area contributed by atoms with E-state index in [9.17, 15) is 23.6 Å². The second-order valence-electron chi connectivity index (χ2n) is 8.53. The van der Waals surface area contributed by atoms with Gasteiger partial charge in [0.1, 0.15) is 18.1 Å². The molecule has 11 heteroatoms. The predicted molar refractivity (Wildman–Crippen MR) is 129 cm³/mol. The number of nitrogens with one attached hydrogen (secondary N) is 1. The molecule has 1 N–H and O–H groups in total. The van der Waals surface area contributed by atoms with Crippen LogP contribution in [0.1, 0.15) is 46.2 Å². The summed E-state index contributed by atoms with van der Waals surface area (Å²) in [4.78, 5) is 51.4. The number of esters is 1. The van der Waals surface area contributed by atoms with Crippen LogP contribution in [0, 0.1) is 5.82 Å². The topological polar surface area (TPSA) is 111 Å². The van der Waals surface area contributed by atoms with Gasteiger partial charge in [0.25, 0.3) is 0 Å². The summed E-state index contributed by atoms with van der Waals surface area (Å²) in [5.41, 5.74) is 1.09. The minimum Gasteiger partial charge on any atom is -0.465 e. The Balaban J connectivity index is 1.51. The Hall–Kier alpha value is -3.79. The highest BCUT2D eigenvalue weighted by atomic mass is 35.5. The van der Waals surface area contributed by atoms with E-state index >= 15 is 0 Å². The number of fused-ring (bicyclic) bond motifs is 1. The number of carbonyl (C=O) groups excluding carboxylic acids is 4. The average molecular weight is 515 g/mol. The van der Waals surface area contributed by atoms with Crippen LogP contribution in [0.15, 0.2) is 36.4 Å². The maximum Gasteiger partial charge on any atom is 0.337 e. The van der Waals surface area contributed by atoms with E-state index < -0.39 is 17.7 Å². The highest BCUT2D eigenvalue weighted by Gasteiger charge is 2.34. The molecule has 9 nitrogen and oxygen atoms in total. The van der Waals surface area contributed by atoms with Gasteiger partial charge in [0.15, 0.2) is 5.78 Å². The van der Waals surface area contributed by atoms with Crippen LogP contribution in [-0.4, -0.2) is 57.9 Å². The number of Topliss-reactive ketones (excluding diaryl/α,β-unsaturated/α-hetero) is 1. The molecule has 3 aromatic rings. The second kappa shape index (κ2) is 10.4. The molecule has 1 aliphatic rings. The van der Waals surface area contributed by atoms with E-state index in [1.165, 1.54) is 47.9 Å². The van der Waals surface area contributed by atoms with Gasteiger partial charge in [-0.3, -0.25) is 19.1 Å². The fourth-order valence-corrected chi connectivity index (χ4v) is 4.11. The normalized spacial score (nSPS) is 12.9. The van der Waals surface area contributed by atoms with Crippen molar-refractivity contribution in [1.82, 2.24) is 20.0 Å². The first kappa shape index (κ1) is 25.3. The fourth-order valence-electron chi connectivity index (χ4n) is 3.91. The number of halogens is 2. The Morgan fingerprint density at radius 1 is 1.22 bits per heavy atom. The van der Waals surface area contributed by atoms with Crippen LogP contribution in [0.2, 0.25) is 5.02 Å². The third-order valence-corrected chi connectivity index (χ3v) is 6.21. The van der Waals surface area contributed by atoms with Crippen LogP contribution >= 0.6 is 11.6 Å². The number of hydrogen-bond donors (Lipinski definition) is 1. The minimum absolute atomic E-state index is 0.0386. The molecule has 36 heavy (non-hydrogen) atoms. The van der Waals surface area contributed by atoms with Crippen molar-refractivity contribution in [2.24, 2.45) is 0 Å². The lowest BCUT2D eigenvalue weighted by Gasteiger charge is -2.22. The van der Waals surface area contributed by atoms with Crippen molar-refractivity contribution in [1.29, 1.82) is 0 Å². The van der Waals surface area contributed by atoms with Gasteiger partial charge in [0.2, 0.25) is 11.8 Å². The van der Waals surface area contributed by atoms with Gasteiger partial charge >= 0.3 is 5.97 Å². The highest BCUT2D eigenvalue weighted by molar-refractivity contribution is 6.30. The smallest absolute Gasteiger partial charge is 0.337 e. The Morgan fingerprint density at radius 3 is 2.64 bits per heavy atom. The number of methoxy groups -OCH3 is 1. The summed E-state index contributed by atoms with van der Waals surface area (Å²) in [6.07, 6.45) is 1.51. The number of nitrogens with zero attached hydrogens (tertiary/aromatic N) is 3. The van der Waals surface area contributed by atoms with Crippen molar-refractivity contribution < 1.29 is 28.3 Å². The summed E-state index contributed by atoms with van der Waals surface area (Å²) in [5, 5.41) is 7.39. The summed E-state index contributed by atoms with van der Waals surface area (Å²) in [6.45, 7) is 0.852. The quantitative estimate of drug-likeness (QED) is 0.347. The molecular formula is C25H24ClFN4O5. The first-order valence-corrected chi connectivity index (χ1v) is 11.7. The molecule has 1 fully saturated rings. The van der Waals surface area contributed by atoms with E-state index in [0.717, 1.165) is 12.8 Å². The third-order valence-electron chi connectivity index (χ3n) is 5.92. The van der Waals surface area contributed by atoms with Crippen LogP contribution in [-0.2, 0) is 27.4 Å². The second-order valence-corrected chi connectivity index (χ2v) is 8.94. The van der Waals surface area contributed by atoms with Crippen molar-refractivity contribution in [2.75, 3.05) is 13.7 Å². The average Bonchev–Trinajstić information content (AvgIpc) is 3.64. The molecule has 0 aliphatic heterocycles. The minimum atomic E-state index is -0.604. The Labute approximate surface area is 211 Å². The number of hydrogen-bond acceptors (Lipinski definition) is 6. The molecule has 1 heterocycles. The fraction of sp³-hybridized carbons (Fsp3) is 0.320. The van der Waals surface area contributed by atoms with Crippen LogP contribution in [0.5, 0.6) is 0 Å². The zero-order valence-corrected chi connectivity index (χ0v) is 20.5. The number of carbonyl (C=O) groups is 4. The number of benzene rings is 2. The van der Waals surface area contributed by atoms with Gasteiger partial charge in [-0.15, -0.1) is 0 Å². The van der Waals surface area contributed by atoms with Gasteiger partial charge < -0.3 is 15.0 Å². The lowest BCUT2D eigenvalue weighted by Crippen LogP contribution is -2.43. The monoisotopic (exact) mass is 514 g/mol. The summed E-state index contributed by atoms with van der Waals surface area (Å²) >= 11 is 5.78. The number of amides is 2. The Bertz CT molecular complexity index is 1370. The number of aromatic nitrogens is 2. The van der Waals surface area contributed by atoms with E-state index in [0.29, 0.717) is 10.9 Å². The lowest BCUT2D eigenvalue weighted by atomic mass is 10.1. The summed E-state index contributed by atoms with van der Waals surface area (Å²) < 4.78 is 20.2. The first-order chi connectivity index (χ1) is 17.2. The van der Waals surface area contributed by atoms with Gasteiger partial charge in [-0.2, -0.15) is 5.10 Å². The van der Waals surface area contributed by atoms with Crippen molar-refractivity contribution in [3.05, 3.63) is 64.1 Å². The van der Waals surface area contributed by atoms with Crippen LogP contribution in [0.4, 0.5) is 4.39 Å². The van der Waals surface area contributed by atoms with Gasteiger partial charge in [-0.05, 0) is 37.1 Å². The molecule has 0 unspecified atom stereocenters. The van der Waals surface area contributed by atoms with E-state index in [1.54, 1.807) is 12.1 Å². The largest absolute Gasteiger partial charge is 0.465 e. The molecule has 1 aromatic heterocycles. The molecular weight excluding hydrogens is 491 g/mol. The Morgan fingerprint density at radius 2 is 1.97 bits per heavy atom. The lowest BCUT2D eigenvalue weighted by molar-refractivity contribution is -0.137. The third kappa shape index (κ3) is 5.38. The SMILES string of the molecule is COC(=O)c1ccc2c(C(C)=O)nn(CC(=O)N(CC(=O)NCc3cccc(Cl)c3F)C3CC3)c2c1. The van der Waals surface area contributed by atoms with Crippen molar-refractivity contribution in [3.8, 4) is 0 Å². The molecule has 1 aliphatic carbocycles. The zero-order chi connectivity index (χ0) is 26.0. The van der Waals surface area contributed by atoms with E-state index in [1.807, 2.05) is 0 Å². The van der Waals surface area contributed by atoms with Gasteiger partial charge in [0.05, 0.1) is 29.8 Å². The molecule has 188 valence electrons. The van der Waals surface area contributed by atoms with Crippen molar-refractivity contribution >= 4 is 46.1 Å². The summed E-state index contributed by atoms with van der Waals surface area (Å²) in [6, 6.07) is 9.06. The van der Waals surface area contributed by atoms with Crippen molar-refractivity contribution in [2.45, 2.75) is 38.9 Å². The molecule has 0 bridgehead atoms. The molecule has 4 rings (SSSR count). The molecule has 0 saturated heterocycles.